The Balaban J connectivity index is 0.959. The summed E-state index contributed by atoms with van der Waals surface area (Å²) in [6.07, 6.45) is 0. The summed E-state index contributed by atoms with van der Waals surface area (Å²) in [5.41, 5.74) is 26.1. The zero-order valence-corrected chi connectivity index (χ0v) is 38.5. The number of anilines is 3. The highest BCUT2D eigenvalue weighted by molar-refractivity contribution is 5.93. The van der Waals surface area contributed by atoms with Crippen LogP contribution in [0, 0.1) is 0 Å². The Morgan fingerprint density at radius 3 is 1.28 bits per heavy atom. The lowest BCUT2D eigenvalue weighted by molar-refractivity contribution is 0.660. The van der Waals surface area contributed by atoms with E-state index in [-0.39, 0.29) is 10.8 Å². The molecule has 0 fully saturated rings. The molecule has 10 aromatic rings. The highest BCUT2D eigenvalue weighted by Crippen LogP contribution is 2.53. The van der Waals surface area contributed by atoms with Gasteiger partial charge in [0.2, 0.25) is 0 Å². The van der Waals surface area contributed by atoms with Gasteiger partial charge in [0.25, 0.3) is 0 Å². The van der Waals surface area contributed by atoms with Gasteiger partial charge < -0.3 is 4.90 Å². The van der Waals surface area contributed by atoms with Gasteiger partial charge in [0.05, 0.1) is 5.69 Å². The average Bonchev–Trinajstić information content (AvgIpc) is 3.75. The van der Waals surface area contributed by atoms with Crippen molar-refractivity contribution < 1.29 is 0 Å². The van der Waals surface area contributed by atoms with E-state index in [4.69, 9.17) is 0 Å². The lowest BCUT2D eigenvalue weighted by Crippen LogP contribution is -2.17. The van der Waals surface area contributed by atoms with Crippen molar-refractivity contribution in [3.63, 3.8) is 0 Å². The molecule has 0 heterocycles. The SMILES string of the molecule is CC1(C)c2ccccc2-c2ccc(-c3ccc(N(c4ccc5c(c4)C(C)(C)c4cc(-c6ccccc6-c6ccccc6)ccc4-5)c4ccccc4-c4ccc(-c5ccccc5)cc4)cc3)cc21. The van der Waals surface area contributed by atoms with E-state index < -0.39 is 0 Å². The normalized spacial score (nSPS) is 13.6. The van der Waals surface area contributed by atoms with Gasteiger partial charge in [-0.25, -0.2) is 0 Å². The van der Waals surface area contributed by atoms with Crippen LogP contribution in [0.4, 0.5) is 17.1 Å². The van der Waals surface area contributed by atoms with Gasteiger partial charge in [-0.1, -0.05) is 222 Å². The highest BCUT2D eigenvalue weighted by atomic mass is 15.1. The van der Waals surface area contributed by atoms with Crippen molar-refractivity contribution in [2.24, 2.45) is 0 Å². The van der Waals surface area contributed by atoms with Gasteiger partial charge >= 0.3 is 0 Å². The predicted octanol–water partition coefficient (Wildman–Crippen LogP) is 18.1. The zero-order valence-electron chi connectivity index (χ0n) is 38.5. The third-order valence-corrected chi connectivity index (χ3v) is 14.7. The Bertz CT molecular complexity index is 3480. The summed E-state index contributed by atoms with van der Waals surface area (Å²) in [6, 6.07) is 87.5. The van der Waals surface area contributed by atoms with E-state index >= 15 is 0 Å². The molecule has 0 amide bonds. The van der Waals surface area contributed by atoms with Crippen LogP contribution >= 0.6 is 0 Å². The number of hydrogen-bond acceptors (Lipinski definition) is 1. The Morgan fingerprint density at radius 2 is 0.612 bits per heavy atom. The highest BCUT2D eigenvalue weighted by Gasteiger charge is 2.37. The van der Waals surface area contributed by atoms with Gasteiger partial charge in [0, 0.05) is 27.8 Å². The van der Waals surface area contributed by atoms with Crippen LogP contribution in [0.15, 0.2) is 237 Å². The van der Waals surface area contributed by atoms with Crippen molar-refractivity contribution in [1.82, 2.24) is 0 Å². The van der Waals surface area contributed by atoms with Crippen LogP contribution in [0.5, 0.6) is 0 Å². The first-order chi connectivity index (χ1) is 32.7. The maximum Gasteiger partial charge on any atom is 0.0540 e. The maximum absolute atomic E-state index is 2.47. The molecule has 67 heavy (non-hydrogen) atoms. The molecule has 1 nitrogen and oxygen atoms in total. The standard InChI is InChI=1S/C66H51N/c1-65(2)60-25-15-13-24-56(60)57-38-33-49(41-61(57)65)46-31-35-51(36-32-46)67(64-26-16-14-23-55(64)48-29-27-45(28-30-48)44-17-7-5-8-18-44)52-37-40-59-58-39-34-50(42-62(58)66(3,4)63(59)43-52)54-22-12-11-21-53(54)47-19-9-6-10-20-47/h5-43H,1-4H3. The van der Waals surface area contributed by atoms with Crippen molar-refractivity contribution in [2.75, 3.05) is 4.90 Å². The first kappa shape index (κ1) is 40.5. The fourth-order valence-corrected chi connectivity index (χ4v) is 11.1. The predicted molar refractivity (Wildman–Crippen MR) is 283 cm³/mol. The molecule has 320 valence electrons. The molecule has 0 saturated heterocycles. The van der Waals surface area contributed by atoms with E-state index in [9.17, 15) is 0 Å². The maximum atomic E-state index is 2.47. The molecule has 0 atom stereocenters. The van der Waals surface area contributed by atoms with Gasteiger partial charge in [-0.2, -0.15) is 0 Å². The van der Waals surface area contributed by atoms with Crippen LogP contribution < -0.4 is 4.90 Å². The van der Waals surface area contributed by atoms with Crippen LogP contribution in [0.25, 0.3) is 77.9 Å². The summed E-state index contributed by atoms with van der Waals surface area (Å²) in [5, 5.41) is 0. The molecule has 10 aromatic carbocycles. The summed E-state index contributed by atoms with van der Waals surface area (Å²) >= 11 is 0. The zero-order chi connectivity index (χ0) is 45.3. The molecule has 0 bridgehead atoms. The molecular weight excluding hydrogens is 807 g/mol. The van der Waals surface area contributed by atoms with Gasteiger partial charge in [0.1, 0.15) is 0 Å². The van der Waals surface area contributed by atoms with Crippen LogP contribution in [0.2, 0.25) is 0 Å². The van der Waals surface area contributed by atoms with Crippen molar-refractivity contribution in [3.8, 4) is 77.9 Å². The smallest absolute Gasteiger partial charge is 0.0540 e. The van der Waals surface area contributed by atoms with Crippen LogP contribution in [0.3, 0.4) is 0 Å². The minimum atomic E-state index is -0.234. The quantitative estimate of drug-likeness (QED) is 0.147. The Hall–Kier alpha value is -8.00. The lowest BCUT2D eigenvalue weighted by atomic mass is 9.81. The minimum absolute atomic E-state index is 0.0586. The molecular formula is C66H51N. The summed E-state index contributed by atoms with van der Waals surface area (Å²) in [4.78, 5) is 2.47. The molecule has 0 radical (unpaired) electrons. The van der Waals surface area contributed by atoms with Crippen LogP contribution in [-0.4, -0.2) is 0 Å². The van der Waals surface area contributed by atoms with Gasteiger partial charge in [-0.3, -0.25) is 0 Å². The third-order valence-electron chi connectivity index (χ3n) is 14.7. The molecule has 12 rings (SSSR count). The first-order valence-electron chi connectivity index (χ1n) is 23.6. The second kappa shape index (κ2) is 15.9. The van der Waals surface area contributed by atoms with Gasteiger partial charge in [-0.05, 0) is 137 Å². The van der Waals surface area contributed by atoms with Crippen molar-refractivity contribution in [2.45, 2.75) is 38.5 Å². The first-order valence-corrected chi connectivity index (χ1v) is 23.6. The van der Waals surface area contributed by atoms with E-state index in [0.29, 0.717) is 0 Å². The Kier molecular flexibility index (Phi) is 9.59. The third kappa shape index (κ3) is 6.76. The van der Waals surface area contributed by atoms with E-state index in [1.165, 1.54) is 100 Å². The van der Waals surface area contributed by atoms with Crippen molar-refractivity contribution in [3.05, 3.63) is 259 Å². The number of para-hydroxylation sites is 1. The number of fused-ring (bicyclic) bond motifs is 6. The van der Waals surface area contributed by atoms with Crippen LogP contribution in [0.1, 0.15) is 49.9 Å². The molecule has 2 aliphatic carbocycles. The van der Waals surface area contributed by atoms with Gasteiger partial charge in [0.15, 0.2) is 0 Å². The van der Waals surface area contributed by atoms with Gasteiger partial charge in [-0.15, -0.1) is 0 Å². The molecule has 0 N–H and O–H groups in total. The van der Waals surface area contributed by atoms with Crippen molar-refractivity contribution >= 4 is 17.1 Å². The fraction of sp³-hybridized carbons (Fsp3) is 0.0909. The molecule has 1 heteroatoms. The van der Waals surface area contributed by atoms with E-state index in [1.807, 2.05) is 0 Å². The summed E-state index contributed by atoms with van der Waals surface area (Å²) < 4.78 is 0. The van der Waals surface area contributed by atoms with E-state index in [1.54, 1.807) is 0 Å². The summed E-state index contributed by atoms with van der Waals surface area (Å²) in [6.45, 7) is 9.50. The van der Waals surface area contributed by atoms with E-state index in [0.717, 1.165) is 17.1 Å². The largest absolute Gasteiger partial charge is 0.310 e. The van der Waals surface area contributed by atoms with E-state index in [2.05, 4.69) is 269 Å². The second-order valence-electron chi connectivity index (χ2n) is 19.3. The lowest BCUT2D eigenvalue weighted by Gasteiger charge is -2.30. The molecule has 0 unspecified atom stereocenters. The molecule has 0 spiro atoms. The molecule has 0 aromatic heterocycles. The second-order valence-corrected chi connectivity index (χ2v) is 19.3. The Labute approximate surface area is 395 Å². The van der Waals surface area contributed by atoms with Crippen LogP contribution in [-0.2, 0) is 10.8 Å². The minimum Gasteiger partial charge on any atom is -0.310 e. The molecule has 2 aliphatic rings. The number of nitrogens with zero attached hydrogens (tertiary/aromatic N) is 1. The number of rotatable bonds is 8. The number of benzene rings is 10. The van der Waals surface area contributed by atoms with Crippen molar-refractivity contribution in [1.29, 1.82) is 0 Å². The topological polar surface area (TPSA) is 3.24 Å². The number of hydrogen-bond donors (Lipinski definition) is 0. The summed E-state index contributed by atoms with van der Waals surface area (Å²) in [5.74, 6) is 0. The average molecular weight is 858 g/mol. The Morgan fingerprint density at radius 1 is 0.239 bits per heavy atom. The summed E-state index contributed by atoms with van der Waals surface area (Å²) in [7, 11) is 0. The molecule has 0 aliphatic heterocycles. The monoisotopic (exact) mass is 857 g/mol. The molecule has 0 saturated carbocycles. The fourth-order valence-electron chi connectivity index (χ4n) is 11.1.